The molecule has 412 valence electrons. The Morgan fingerprint density at radius 1 is 0.419 bits per heavy atom. The Morgan fingerprint density at radius 2 is 0.730 bits per heavy atom. The molecule has 0 aliphatic heterocycles. The van der Waals surface area contributed by atoms with Crippen LogP contribution < -0.4 is 41.6 Å². The van der Waals surface area contributed by atoms with Crippen molar-refractivity contribution in [1.82, 2.24) is 4.86 Å². The second-order valence-corrected chi connectivity index (χ2v) is 44.0. The summed E-state index contributed by atoms with van der Waals surface area (Å²) in [6.07, 6.45) is 33.2. The zero-order valence-electron chi connectivity index (χ0n) is 49.7. The lowest BCUT2D eigenvalue weighted by molar-refractivity contribution is 0.509. The van der Waals surface area contributed by atoms with E-state index in [2.05, 4.69) is 166 Å². The summed E-state index contributed by atoms with van der Waals surface area (Å²) in [6.45, 7) is 21.8. The van der Waals surface area contributed by atoms with Crippen molar-refractivity contribution < 1.29 is 0 Å². The minimum atomic E-state index is -2.24. The minimum Gasteiger partial charge on any atom is -0.154 e. The van der Waals surface area contributed by atoms with Crippen molar-refractivity contribution in [2.24, 2.45) is 0 Å². The smallest absolute Gasteiger partial charge is 0.154 e. The summed E-state index contributed by atoms with van der Waals surface area (Å²) in [6, 6.07) is 55.4. The second-order valence-electron chi connectivity index (χ2n) is 23.5. The van der Waals surface area contributed by atoms with Gasteiger partial charge < -0.3 is 0 Å². The molecule has 74 heavy (non-hydrogen) atoms. The van der Waals surface area contributed by atoms with Gasteiger partial charge in [-0.15, -0.1) is 11.8 Å². The number of hydrogen-bond donors (Lipinski definition) is 1. The molecule has 1 nitrogen and oxygen atoms in total. The minimum absolute atomic E-state index is 0.607. The zero-order chi connectivity index (χ0) is 53.1. The standard InChI is InChI=1S/C67H112NP2SSi3/c1-11-20-50-72(51-21-12-2,52-22-13-3)63-44-38-59(39-45-63)69(60-40-46-64(47-41-60)73(53-23-14-4,54-24-15-5)55-25-16-6)68-70(61-34-30-29-31-35-61,66-36-32-33-37-67(66)71-10)62-42-48-65(49-43-62)74(56-26-17-7,57-27-18-8)58-28-19-9/h32-33,36-49,61,68H,11-31,34-35,50-58H2,1-10H3/q+1. The third kappa shape index (κ3) is 16.6. The number of nitrogens with one attached hydrogen (secondary N) is 1. The van der Waals surface area contributed by atoms with Crippen molar-refractivity contribution in [2.75, 3.05) is 6.26 Å². The van der Waals surface area contributed by atoms with Gasteiger partial charge in [-0.25, -0.2) is 0 Å². The highest BCUT2D eigenvalue weighted by Gasteiger charge is 2.54. The summed E-state index contributed by atoms with van der Waals surface area (Å²) in [5, 5.41) is 11.6. The predicted octanol–water partition coefficient (Wildman–Crippen LogP) is 19.4. The van der Waals surface area contributed by atoms with Crippen molar-refractivity contribution in [2.45, 2.75) is 275 Å². The largest absolute Gasteiger partial charge is 0.154 e. The fourth-order valence-electron chi connectivity index (χ4n) is 13.6. The van der Waals surface area contributed by atoms with Crippen LogP contribution >= 0.6 is 27.2 Å². The quantitative estimate of drug-likeness (QED) is 0.0273. The van der Waals surface area contributed by atoms with Crippen molar-refractivity contribution in [1.29, 1.82) is 0 Å². The van der Waals surface area contributed by atoms with E-state index in [1.807, 2.05) is 11.8 Å². The van der Waals surface area contributed by atoms with Crippen LogP contribution in [0.3, 0.4) is 0 Å². The van der Waals surface area contributed by atoms with Gasteiger partial charge in [0.25, 0.3) is 0 Å². The first-order valence-electron chi connectivity index (χ1n) is 31.6. The average molecular weight is 1110 g/mol. The molecular formula is C67H112NP2SSi3+. The molecule has 0 aromatic heterocycles. The monoisotopic (exact) mass is 1110 g/mol. The van der Waals surface area contributed by atoms with Crippen LogP contribution in [0.4, 0.5) is 0 Å². The van der Waals surface area contributed by atoms with Crippen molar-refractivity contribution in [3.8, 4) is 0 Å². The van der Waals surface area contributed by atoms with Crippen molar-refractivity contribution in [3.05, 3.63) is 97.1 Å². The van der Waals surface area contributed by atoms with Crippen LogP contribution in [0.25, 0.3) is 0 Å². The van der Waals surface area contributed by atoms with E-state index in [0.29, 0.717) is 5.66 Å². The van der Waals surface area contributed by atoms with E-state index in [9.17, 15) is 0 Å². The molecule has 1 N–H and O–H groups in total. The Morgan fingerprint density at radius 3 is 1.04 bits per heavy atom. The predicted molar refractivity (Wildman–Crippen MR) is 354 cm³/mol. The fraction of sp³-hybridized carbons (Fsp3) is 0.642. The first-order valence-corrected chi connectivity index (χ1v) is 43.9. The van der Waals surface area contributed by atoms with Gasteiger partial charge in [0.15, 0.2) is 7.41 Å². The molecule has 4 aromatic rings. The molecule has 1 fully saturated rings. The first kappa shape index (κ1) is 63.5. The van der Waals surface area contributed by atoms with Gasteiger partial charge in [-0.05, 0) is 66.8 Å². The molecule has 0 amide bonds. The molecule has 0 radical (unpaired) electrons. The summed E-state index contributed by atoms with van der Waals surface area (Å²) < 4.78 is 0. The molecule has 1 aliphatic carbocycles. The van der Waals surface area contributed by atoms with Crippen molar-refractivity contribution in [3.63, 3.8) is 0 Å². The number of benzene rings is 4. The Kier molecular flexibility index (Phi) is 29.2. The van der Waals surface area contributed by atoms with Crippen LogP contribution in [0.5, 0.6) is 0 Å². The van der Waals surface area contributed by atoms with Crippen LogP contribution in [0.2, 0.25) is 54.4 Å². The number of unbranched alkanes of at least 4 members (excludes halogenated alkanes) is 9. The number of thioether (sulfide) groups is 1. The molecule has 5 rings (SSSR count). The van der Waals surface area contributed by atoms with E-state index in [-0.39, 0.29) is 0 Å². The SMILES string of the molecule is CCCC[Si](CCCC)(CCCC)c1ccc(P(N[P+](c2ccc([Si](CCCC)(CCCC)CCCC)cc2)(c2ccccc2SC)C2CCCCC2)c2ccc([Si](CCCC)(CCCC)CCCC)cc2)cc1. The van der Waals surface area contributed by atoms with E-state index in [4.69, 9.17) is 4.86 Å². The fourth-order valence-corrected chi connectivity index (χ4v) is 40.1. The summed E-state index contributed by atoms with van der Waals surface area (Å²) >= 11 is 1.99. The molecule has 1 saturated carbocycles. The molecule has 0 bridgehead atoms. The lowest BCUT2D eigenvalue weighted by Crippen LogP contribution is -2.49. The van der Waals surface area contributed by atoms with Gasteiger partial charge >= 0.3 is 0 Å². The van der Waals surface area contributed by atoms with Gasteiger partial charge in [-0.2, -0.15) is 4.86 Å². The maximum absolute atomic E-state index is 5.06. The normalized spacial score (nSPS) is 14.7. The van der Waals surface area contributed by atoms with Crippen LogP contribution in [0, 0.1) is 0 Å². The van der Waals surface area contributed by atoms with Gasteiger partial charge in [0.05, 0.1) is 42.8 Å². The number of hydrogen-bond acceptors (Lipinski definition) is 2. The molecule has 0 saturated heterocycles. The van der Waals surface area contributed by atoms with Crippen LogP contribution in [0.15, 0.2) is 102 Å². The Hall–Kier alpha value is -1.30. The topological polar surface area (TPSA) is 12.0 Å². The first-order chi connectivity index (χ1) is 36.2. The van der Waals surface area contributed by atoms with Crippen LogP contribution in [0.1, 0.15) is 210 Å². The Bertz CT molecular complexity index is 1960. The molecule has 0 spiro atoms. The third-order valence-electron chi connectivity index (χ3n) is 18.3. The van der Waals surface area contributed by atoms with E-state index in [0.717, 1.165) is 0 Å². The van der Waals surface area contributed by atoms with Gasteiger partial charge in [-0.3, -0.25) is 0 Å². The van der Waals surface area contributed by atoms with E-state index >= 15 is 0 Å². The molecule has 1 unspecified atom stereocenters. The van der Waals surface area contributed by atoms with Gasteiger partial charge in [0.1, 0.15) is 10.6 Å². The van der Waals surface area contributed by atoms with E-state index < -0.39 is 39.7 Å². The zero-order valence-corrected chi connectivity index (χ0v) is 55.4. The lowest BCUT2D eigenvalue weighted by Gasteiger charge is -2.40. The average Bonchev–Trinajstić information content (AvgIpc) is 3.46. The van der Waals surface area contributed by atoms with Crippen LogP contribution in [-0.4, -0.2) is 36.1 Å². The van der Waals surface area contributed by atoms with Gasteiger partial charge in [-0.1, -0.05) is 327 Å². The summed E-state index contributed by atoms with van der Waals surface area (Å²) in [7, 11) is -8.19. The summed E-state index contributed by atoms with van der Waals surface area (Å²) in [5.74, 6) is 0. The van der Waals surface area contributed by atoms with Gasteiger partial charge in [0, 0.05) is 0 Å². The highest BCUT2D eigenvalue weighted by Crippen LogP contribution is 2.66. The summed E-state index contributed by atoms with van der Waals surface area (Å²) in [5.41, 5.74) is 0.607. The maximum atomic E-state index is 5.06. The van der Waals surface area contributed by atoms with E-state index in [1.165, 1.54) is 218 Å². The number of rotatable bonds is 38. The molecule has 4 aromatic carbocycles. The third-order valence-corrected chi connectivity index (χ3v) is 43.3. The molecule has 0 heterocycles. The molecule has 7 heteroatoms. The Labute approximate surface area is 468 Å². The van der Waals surface area contributed by atoms with Gasteiger partial charge in [0.2, 0.25) is 0 Å². The molecule has 1 aliphatic rings. The molecule has 1 atom stereocenters. The van der Waals surface area contributed by atoms with Crippen molar-refractivity contribution >= 4 is 88.2 Å². The summed E-state index contributed by atoms with van der Waals surface area (Å²) in [4.78, 5) is 6.54. The van der Waals surface area contributed by atoms with Crippen LogP contribution in [-0.2, 0) is 0 Å². The Balaban J connectivity index is 1.83. The highest BCUT2D eigenvalue weighted by atomic mass is 32.2. The maximum Gasteiger partial charge on any atom is 0.154 e. The lowest BCUT2D eigenvalue weighted by atomic mass is 10.0. The molecular weight excluding hydrogens is 997 g/mol. The van der Waals surface area contributed by atoms with E-state index in [1.54, 1.807) is 26.2 Å². The highest BCUT2D eigenvalue weighted by molar-refractivity contribution is 8.01. The second kappa shape index (κ2) is 34.0.